The topological polar surface area (TPSA) is 30.0 Å². The molecule has 1 unspecified atom stereocenters. The number of nitrogens with zero attached hydrogens (tertiary/aromatic N) is 1. The molecule has 0 saturated carbocycles. The van der Waals surface area contributed by atoms with Gasteiger partial charge >= 0.3 is 0 Å². The Kier molecular flexibility index (Phi) is 5.39. The first-order valence-electron chi connectivity index (χ1n) is 6.61. The van der Waals surface area contributed by atoms with Crippen LogP contribution in [-0.2, 0) is 11.2 Å². The summed E-state index contributed by atoms with van der Waals surface area (Å²) in [5, 5.41) is 0. The van der Waals surface area contributed by atoms with Crippen LogP contribution in [0.4, 0.5) is 0 Å². The van der Waals surface area contributed by atoms with Gasteiger partial charge in [0.25, 0.3) is 0 Å². The number of hydrogen-bond acceptors (Lipinski definition) is 2. The number of pyridine rings is 1. The molecular formula is C14H21B2NO. The summed E-state index contributed by atoms with van der Waals surface area (Å²) >= 11 is 0. The van der Waals surface area contributed by atoms with E-state index in [1.54, 1.807) is 0 Å². The summed E-state index contributed by atoms with van der Waals surface area (Å²) in [6.07, 6.45) is 4.08. The summed E-state index contributed by atoms with van der Waals surface area (Å²) in [7, 11) is 4.06. The predicted molar refractivity (Wildman–Crippen MR) is 82.8 cm³/mol. The molecule has 0 bridgehead atoms. The molecule has 0 spiro atoms. The molecule has 1 atom stereocenters. The Bertz CT molecular complexity index is 457. The number of allylic oxidation sites excluding steroid dienone is 1. The molecule has 1 aromatic heterocycles. The highest BCUT2D eigenvalue weighted by Gasteiger charge is 2.12. The van der Waals surface area contributed by atoms with Crippen molar-refractivity contribution in [3.05, 3.63) is 30.0 Å². The first-order chi connectivity index (χ1) is 8.49. The van der Waals surface area contributed by atoms with E-state index in [-0.39, 0.29) is 5.78 Å². The second-order valence-corrected chi connectivity index (χ2v) is 4.96. The van der Waals surface area contributed by atoms with Crippen molar-refractivity contribution in [1.29, 1.82) is 0 Å². The van der Waals surface area contributed by atoms with E-state index in [0.717, 1.165) is 16.8 Å². The van der Waals surface area contributed by atoms with Gasteiger partial charge in [-0.2, -0.15) is 0 Å². The second kappa shape index (κ2) is 6.58. The first-order valence-corrected chi connectivity index (χ1v) is 6.61. The largest absolute Gasteiger partial charge is 0.294 e. The fourth-order valence-electron chi connectivity index (χ4n) is 2.28. The van der Waals surface area contributed by atoms with E-state index < -0.39 is 0 Å². The summed E-state index contributed by atoms with van der Waals surface area (Å²) in [5.41, 5.74) is 4.34. The van der Waals surface area contributed by atoms with Crippen LogP contribution in [0, 0.1) is 0 Å². The van der Waals surface area contributed by atoms with Crippen LogP contribution >= 0.6 is 0 Å². The van der Waals surface area contributed by atoms with Gasteiger partial charge in [-0.25, -0.2) is 0 Å². The minimum Gasteiger partial charge on any atom is -0.294 e. The molecule has 4 heteroatoms. The van der Waals surface area contributed by atoms with Gasteiger partial charge in [0, 0.05) is 5.69 Å². The summed E-state index contributed by atoms with van der Waals surface area (Å²) < 4.78 is 0. The molecule has 1 aromatic rings. The van der Waals surface area contributed by atoms with Gasteiger partial charge in [0.15, 0.2) is 13.6 Å². The van der Waals surface area contributed by atoms with Crippen LogP contribution in [-0.4, -0.2) is 26.5 Å². The van der Waals surface area contributed by atoms with E-state index in [0.29, 0.717) is 12.3 Å². The Morgan fingerprint density at radius 3 is 2.78 bits per heavy atom. The van der Waals surface area contributed by atoms with Crippen LogP contribution in [0.2, 0.25) is 0 Å². The van der Waals surface area contributed by atoms with E-state index >= 15 is 0 Å². The molecule has 1 rings (SSSR count). The van der Waals surface area contributed by atoms with Gasteiger partial charge < -0.3 is 0 Å². The highest BCUT2D eigenvalue weighted by molar-refractivity contribution is 6.36. The lowest BCUT2D eigenvalue weighted by atomic mass is 9.82. The van der Waals surface area contributed by atoms with Crippen molar-refractivity contribution in [2.75, 3.05) is 0 Å². The van der Waals surface area contributed by atoms with Gasteiger partial charge in [-0.3, -0.25) is 9.78 Å². The Balaban J connectivity index is 3.03. The van der Waals surface area contributed by atoms with E-state index in [4.69, 9.17) is 0 Å². The zero-order chi connectivity index (χ0) is 13.7. The van der Waals surface area contributed by atoms with Crippen molar-refractivity contribution < 1.29 is 4.79 Å². The molecule has 0 aliphatic rings. The molecule has 2 nitrogen and oxygen atoms in total. The third-order valence-corrected chi connectivity index (χ3v) is 3.37. The van der Waals surface area contributed by atoms with Crippen molar-refractivity contribution in [2.24, 2.45) is 0 Å². The number of aromatic nitrogens is 1. The smallest absolute Gasteiger partial charge is 0.164 e. The lowest BCUT2D eigenvalue weighted by Gasteiger charge is -2.16. The second-order valence-electron chi connectivity index (χ2n) is 4.96. The SMILES string of the molecule is Bc1cc(C(C)CCC)c(B)nc1CC(=O)C=C. The molecule has 0 aliphatic heterocycles. The van der Waals surface area contributed by atoms with Crippen molar-refractivity contribution >= 4 is 32.5 Å². The van der Waals surface area contributed by atoms with Gasteiger partial charge in [0.05, 0.1) is 6.42 Å². The van der Waals surface area contributed by atoms with Gasteiger partial charge in [0.2, 0.25) is 0 Å². The zero-order valence-corrected chi connectivity index (χ0v) is 11.9. The number of carbonyl (C=O) groups excluding carboxylic acids is 1. The molecule has 0 saturated heterocycles. The number of carbonyl (C=O) groups is 1. The first kappa shape index (κ1) is 14.7. The summed E-state index contributed by atoms with van der Waals surface area (Å²) in [5.74, 6) is 0.560. The van der Waals surface area contributed by atoms with Crippen molar-refractivity contribution in [1.82, 2.24) is 4.98 Å². The number of hydrogen-bond donors (Lipinski definition) is 0. The van der Waals surface area contributed by atoms with Crippen LogP contribution < -0.4 is 11.1 Å². The van der Waals surface area contributed by atoms with Crippen LogP contribution in [0.25, 0.3) is 0 Å². The summed E-state index contributed by atoms with van der Waals surface area (Å²) in [6, 6.07) is 2.19. The van der Waals surface area contributed by atoms with E-state index in [9.17, 15) is 4.79 Å². The molecule has 0 radical (unpaired) electrons. The van der Waals surface area contributed by atoms with Crippen molar-refractivity contribution in [2.45, 2.75) is 39.0 Å². The molecule has 0 amide bonds. The zero-order valence-electron chi connectivity index (χ0n) is 11.9. The van der Waals surface area contributed by atoms with E-state index in [1.165, 1.54) is 24.5 Å². The molecule has 0 fully saturated rings. The maximum atomic E-state index is 11.4. The molecule has 0 N–H and O–H groups in total. The van der Waals surface area contributed by atoms with Gasteiger partial charge in [0.1, 0.15) is 7.85 Å². The third-order valence-electron chi connectivity index (χ3n) is 3.37. The molecule has 1 heterocycles. The quantitative estimate of drug-likeness (QED) is 0.510. The van der Waals surface area contributed by atoms with Crippen LogP contribution in [0.15, 0.2) is 18.7 Å². The Labute approximate surface area is 112 Å². The molecule has 18 heavy (non-hydrogen) atoms. The standard InChI is InChI=1S/C14H21B2NO/c1-4-6-9(3)11-8-12(15)13(17-14(11)16)7-10(18)5-2/h5,8-9H,2,4,6-7,15-16H2,1,3H3. The molecular weight excluding hydrogens is 220 g/mol. The van der Waals surface area contributed by atoms with E-state index in [2.05, 4.69) is 31.5 Å². The maximum absolute atomic E-state index is 11.4. The number of ketones is 1. The van der Waals surface area contributed by atoms with Crippen molar-refractivity contribution in [3.8, 4) is 0 Å². The normalized spacial score (nSPS) is 12.1. The Hall–Kier alpha value is -1.31. The fourth-order valence-corrected chi connectivity index (χ4v) is 2.28. The Morgan fingerprint density at radius 1 is 1.56 bits per heavy atom. The molecule has 0 aromatic carbocycles. The van der Waals surface area contributed by atoms with Crippen LogP contribution in [0.3, 0.4) is 0 Å². The minimum absolute atomic E-state index is 0.0272. The minimum atomic E-state index is 0.0272. The van der Waals surface area contributed by atoms with Crippen molar-refractivity contribution in [3.63, 3.8) is 0 Å². The average molecular weight is 241 g/mol. The van der Waals surface area contributed by atoms with Crippen LogP contribution in [0.1, 0.15) is 43.9 Å². The maximum Gasteiger partial charge on any atom is 0.164 e. The summed E-state index contributed by atoms with van der Waals surface area (Å²) in [6.45, 7) is 7.94. The number of rotatable bonds is 6. The summed E-state index contributed by atoms with van der Waals surface area (Å²) in [4.78, 5) is 16.0. The fraction of sp³-hybridized carbons (Fsp3) is 0.429. The highest BCUT2D eigenvalue weighted by Crippen LogP contribution is 2.17. The average Bonchev–Trinajstić information content (AvgIpc) is 2.33. The predicted octanol–water partition coefficient (Wildman–Crippen LogP) is -0.200. The molecule has 0 aliphatic carbocycles. The Morgan fingerprint density at radius 2 is 2.22 bits per heavy atom. The van der Waals surface area contributed by atoms with Gasteiger partial charge in [-0.15, -0.1) is 0 Å². The lowest BCUT2D eigenvalue weighted by Crippen LogP contribution is -2.27. The lowest BCUT2D eigenvalue weighted by molar-refractivity contribution is -0.114. The highest BCUT2D eigenvalue weighted by atomic mass is 16.1. The molecule has 94 valence electrons. The van der Waals surface area contributed by atoms with Gasteiger partial charge in [-0.1, -0.05) is 38.4 Å². The van der Waals surface area contributed by atoms with Crippen LogP contribution in [0.5, 0.6) is 0 Å². The third kappa shape index (κ3) is 3.59. The monoisotopic (exact) mass is 241 g/mol. The van der Waals surface area contributed by atoms with E-state index in [1.807, 2.05) is 15.7 Å². The van der Waals surface area contributed by atoms with Gasteiger partial charge in [-0.05, 0) is 29.6 Å².